The Hall–Kier alpha value is 0.722. The number of unbranched alkanes of at least 4 members (excludes halogenated alkanes) is 2. The van der Waals surface area contributed by atoms with Crippen LogP contribution in [0.15, 0.2) is 0 Å². The number of rotatable bonds is 6. The summed E-state index contributed by atoms with van der Waals surface area (Å²) in [5.41, 5.74) is 0.0755. The quantitative estimate of drug-likeness (QED) is 0.409. The highest BCUT2D eigenvalue weighted by molar-refractivity contribution is 7.38. The maximum absolute atomic E-state index is 10.7. The van der Waals surface area contributed by atoms with Crippen molar-refractivity contribution >= 4 is 25.4 Å². The molecular weight excluding hydrogens is 186 g/mol. The van der Waals surface area contributed by atoms with Crippen molar-refractivity contribution in [1.82, 2.24) is 0 Å². The minimum Gasteiger partial charge on any atom is -0.346 e. The molecule has 74 valence electrons. The minimum absolute atomic E-state index is 0. The van der Waals surface area contributed by atoms with Crippen molar-refractivity contribution in [3.8, 4) is 0 Å². The molecule has 0 aromatic carbocycles. The highest BCUT2D eigenvalue weighted by Crippen LogP contribution is 2.29. The fraction of sp³-hybridized carbons (Fsp3) is 1.00. The van der Waals surface area contributed by atoms with Gasteiger partial charge in [-0.15, -0.1) is 0 Å². The Balaban J connectivity index is 0. The predicted octanol–water partition coefficient (Wildman–Crippen LogP) is 1.63. The summed E-state index contributed by atoms with van der Waals surface area (Å²) in [6, 6.07) is 0. The topological polar surface area (TPSA) is 37.3 Å². The van der Waals surface area contributed by atoms with E-state index in [4.69, 9.17) is 4.89 Å². The second-order valence-corrected chi connectivity index (χ2v) is 4.43. The van der Waals surface area contributed by atoms with Crippen molar-refractivity contribution in [1.29, 1.82) is 0 Å². The summed E-state index contributed by atoms with van der Waals surface area (Å²) in [7, 11) is -2.25. The average molecular weight is 208 g/mol. The predicted molar refractivity (Wildman–Crippen MR) is 59.4 cm³/mol. The summed E-state index contributed by atoms with van der Waals surface area (Å²) in [6.07, 6.45) is 5.25. The molecule has 1 N–H and O–H groups in total. The summed E-state index contributed by atoms with van der Waals surface area (Å²) >= 11 is 0. The molecule has 0 aromatic heterocycles. The molecule has 2 unspecified atom stereocenters. The monoisotopic (exact) mass is 208 g/mol. The van der Waals surface area contributed by atoms with E-state index in [9.17, 15) is 4.57 Å². The first-order valence-electron chi connectivity index (χ1n) is 4.45. The van der Waals surface area contributed by atoms with Crippen LogP contribution in [0.5, 0.6) is 0 Å². The smallest absolute Gasteiger partial charge is 0.192 e. The molecular formula is C8H22AlO2P. The molecule has 2 nitrogen and oxygen atoms in total. The molecule has 0 saturated heterocycles. The van der Waals surface area contributed by atoms with E-state index in [1.165, 1.54) is 12.8 Å². The van der Waals surface area contributed by atoms with Crippen molar-refractivity contribution in [2.45, 2.75) is 51.6 Å². The summed E-state index contributed by atoms with van der Waals surface area (Å²) < 4.78 is 10.7. The van der Waals surface area contributed by atoms with Crippen LogP contribution >= 0.6 is 8.03 Å². The van der Waals surface area contributed by atoms with Gasteiger partial charge in [-0.3, -0.25) is 4.57 Å². The van der Waals surface area contributed by atoms with Gasteiger partial charge in [-0.25, -0.2) is 0 Å². The Labute approximate surface area is 86.8 Å². The van der Waals surface area contributed by atoms with E-state index < -0.39 is 8.03 Å². The van der Waals surface area contributed by atoms with Gasteiger partial charge in [0, 0.05) is 5.66 Å². The van der Waals surface area contributed by atoms with E-state index in [1.54, 1.807) is 0 Å². The molecule has 0 aliphatic heterocycles. The van der Waals surface area contributed by atoms with E-state index in [1.807, 2.05) is 6.92 Å². The zero-order valence-corrected chi connectivity index (χ0v) is 8.47. The molecule has 0 heterocycles. The summed E-state index contributed by atoms with van der Waals surface area (Å²) in [5, 5.41) is 0. The zero-order valence-electron chi connectivity index (χ0n) is 7.47. The average Bonchev–Trinajstić information content (AvgIpc) is 1.97. The van der Waals surface area contributed by atoms with Gasteiger partial charge in [0.15, 0.2) is 25.4 Å². The molecule has 0 aliphatic carbocycles. The summed E-state index contributed by atoms with van der Waals surface area (Å²) in [6.45, 7) is 4.12. The molecule has 4 heteroatoms. The maximum Gasteiger partial charge on any atom is 0.192 e. The molecule has 2 atom stereocenters. The van der Waals surface area contributed by atoms with Crippen LogP contribution in [0.1, 0.15) is 46.0 Å². The normalized spacial score (nSPS) is 14.9. The Kier molecular flexibility index (Phi) is 12.4. The molecule has 0 saturated carbocycles. The lowest BCUT2D eigenvalue weighted by Gasteiger charge is -2.09. The Morgan fingerprint density at radius 2 is 1.92 bits per heavy atom. The van der Waals surface area contributed by atoms with Crippen LogP contribution in [0.25, 0.3) is 0 Å². The van der Waals surface area contributed by atoms with Crippen LogP contribution in [0.2, 0.25) is 0 Å². The van der Waals surface area contributed by atoms with Gasteiger partial charge in [-0.05, 0) is 12.8 Å². The van der Waals surface area contributed by atoms with E-state index >= 15 is 0 Å². The molecule has 0 radical (unpaired) electrons. The van der Waals surface area contributed by atoms with Gasteiger partial charge in [0.1, 0.15) is 0 Å². The van der Waals surface area contributed by atoms with Crippen LogP contribution < -0.4 is 0 Å². The third-order valence-electron chi connectivity index (χ3n) is 2.00. The van der Waals surface area contributed by atoms with Gasteiger partial charge < -0.3 is 4.89 Å². The lowest BCUT2D eigenvalue weighted by Crippen LogP contribution is -1.99. The third-order valence-corrected chi connectivity index (χ3v) is 3.39. The van der Waals surface area contributed by atoms with Gasteiger partial charge in [-0.1, -0.05) is 33.1 Å². The Morgan fingerprint density at radius 3 is 2.25 bits per heavy atom. The van der Waals surface area contributed by atoms with Crippen molar-refractivity contribution in [2.75, 3.05) is 0 Å². The molecule has 12 heavy (non-hydrogen) atoms. The van der Waals surface area contributed by atoms with Gasteiger partial charge in [0.2, 0.25) is 0 Å². The maximum atomic E-state index is 10.7. The molecule has 0 spiro atoms. The zero-order chi connectivity index (χ0) is 8.69. The largest absolute Gasteiger partial charge is 0.346 e. The minimum atomic E-state index is -2.25. The van der Waals surface area contributed by atoms with Crippen LogP contribution in [0, 0.1) is 0 Å². The van der Waals surface area contributed by atoms with Gasteiger partial charge in [0.05, 0.1) is 0 Å². The molecule has 0 rings (SSSR count). The van der Waals surface area contributed by atoms with Gasteiger partial charge in [-0.2, -0.15) is 0 Å². The van der Waals surface area contributed by atoms with E-state index in [0.717, 1.165) is 19.3 Å². The molecule has 0 amide bonds. The van der Waals surface area contributed by atoms with Crippen LogP contribution in [-0.4, -0.2) is 27.9 Å². The summed E-state index contributed by atoms with van der Waals surface area (Å²) in [4.78, 5) is 8.86. The highest BCUT2D eigenvalue weighted by Gasteiger charge is 2.10. The van der Waals surface area contributed by atoms with Crippen LogP contribution in [-0.2, 0) is 4.57 Å². The first kappa shape index (κ1) is 15.2. The molecule has 0 bridgehead atoms. The van der Waals surface area contributed by atoms with E-state index in [0.29, 0.717) is 0 Å². The van der Waals surface area contributed by atoms with Crippen molar-refractivity contribution in [3.05, 3.63) is 0 Å². The first-order valence-corrected chi connectivity index (χ1v) is 5.88. The SMILES string of the molecule is CCCCCC(CC)[PH](=O)O.[AlH3]. The summed E-state index contributed by atoms with van der Waals surface area (Å²) in [5.74, 6) is 0. The highest BCUT2D eigenvalue weighted by atomic mass is 31.1. The van der Waals surface area contributed by atoms with Crippen LogP contribution in [0.3, 0.4) is 0 Å². The fourth-order valence-electron chi connectivity index (χ4n) is 1.14. The standard InChI is InChI=1S/C8H19O2P.Al.3H/c1-3-5-6-7-8(4-2)11(9)10;;;;/h8,11H,3-7H2,1-2H3,(H,9,10);;;;. The van der Waals surface area contributed by atoms with Crippen LogP contribution in [0.4, 0.5) is 0 Å². The molecule has 0 aliphatic rings. The third kappa shape index (κ3) is 7.38. The van der Waals surface area contributed by atoms with Gasteiger partial charge in [0.25, 0.3) is 0 Å². The lowest BCUT2D eigenvalue weighted by atomic mass is 10.1. The number of hydrogen-bond donors (Lipinski definition) is 1. The molecule has 0 aromatic rings. The van der Waals surface area contributed by atoms with Crippen molar-refractivity contribution < 1.29 is 9.46 Å². The van der Waals surface area contributed by atoms with Gasteiger partial charge >= 0.3 is 0 Å². The lowest BCUT2D eigenvalue weighted by molar-refractivity contribution is 0.475. The number of hydrogen-bond acceptors (Lipinski definition) is 1. The van der Waals surface area contributed by atoms with E-state index in [2.05, 4.69) is 6.92 Å². The Morgan fingerprint density at radius 1 is 1.33 bits per heavy atom. The fourth-order valence-corrected chi connectivity index (χ4v) is 1.94. The second kappa shape index (κ2) is 9.81. The second-order valence-electron chi connectivity index (χ2n) is 2.94. The Bertz CT molecular complexity index is 120. The van der Waals surface area contributed by atoms with Crippen molar-refractivity contribution in [3.63, 3.8) is 0 Å². The van der Waals surface area contributed by atoms with E-state index in [-0.39, 0.29) is 23.0 Å². The van der Waals surface area contributed by atoms with Crippen molar-refractivity contribution in [2.24, 2.45) is 0 Å². The molecule has 0 fully saturated rings. The first-order chi connectivity index (χ1) is 5.22.